The molecule has 0 bridgehead atoms. The minimum Gasteiger partial charge on any atom is -0.466 e. The first kappa shape index (κ1) is 55.6. The van der Waals surface area contributed by atoms with Crippen LogP contribution >= 0.6 is 0 Å². The number of allylic oxidation sites excluding steroid dienone is 2. The van der Waals surface area contributed by atoms with Crippen LogP contribution < -0.4 is 5.32 Å². The zero-order valence-electron chi connectivity index (χ0n) is 38.3. The van der Waals surface area contributed by atoms with Gasteiger partial charge in [-0.3, -0.25) is 9.59 Å². The Labute approximate surface area is 355 Å². The summed E-state index contributed by atoms with van der Waals surface area (Å²) in [6, 6.07) is -0.543. The summed E-state index contributed by atoms with van der Waals surface area (Å²) < 4.78 is 5.46. The van der Waals surface area contributed by atoms with E-state index < -0.39 is 12.1 Å². The van der Waals surface area contributed by atoms with E-state index in [-0.39, 0.29) is 18.5 Å². The molecule has 57 heavy (non-hydrogen) atoms. The quantitative estimate of drug-likeness (QED) is 0.0323. The predicted molar refractivity (Wildman–Crippen MR) is 246 cm³/mol. The minimum atomic E-state index is -0.665. The lowest BCUT2D eigenvalue weighted by Gasteiger charge is -2.22. The molecule has 0 fully saturated rings. The van der Waals surface area contributed by atoms with Crippen LogP contribution in [0.5, 0.6) is 0 Å². The van der Waals surface area contributed by atoms with E-state index in [2.05, 4.69) is 31.3 Å². The summed E-state index contributed by atoms with van der Waals surface area (Å²) in [7, 11) is 0. The number of rotatable bonds is 47. The zero-order chi connectivity index (χ0) is 41.5. The fourth-order valence-corrected chi connectivity index (χ4v) is 7.87. The van der Waals surface area contributed by atoms with Gasteiger partial charge >= 0.3 is 5.97 Å². The summed E-state index contributed by atoms with van der Waals surface area (Å²) in [6.07, 6.45) is 53.2. The number of hydrogen-bond donors (Lipinski definition) is 3. The maximum atomic E-state index is 12.4. The van der Waals surface area contributed by atoms with E-state index in [1.165, 1.54) is 199 Å². The molecule has 0 aromatic heterocycles. The van der Waals surface area contributed by atoms with Gasteiger partial charge in [-0.25, -0.2) is 0 Å². The van der Waals surface area contributed by atoms with Crippen LogP contribution in [0.15, 0.2) is 12.2 Å². The SMILES string of the molecule is CCCCCC/C=C\CCCCCCCC(=O)OCCCCCCCCCCCCCCCCCCCC(=O)NC(CO)C(O)CCCCCCCCCCCC. The molecular weight excluding hydrogens is 707 g/mol. The smallest absolute Gasteiger partial charge is 0.305 e. The van der Waals surface area contributed by atoms with Gasteiger partial charge in [0, 0.05) is 12.8 Å². The second-order valence-electron chi connectivity index (χ2n) is 17.5. The Morgan fingerprint density at radius 3 is 1.26 bits per heavy atom. The minimum absolute atomic E-state index is 0.00404. The van der Waals surface area contributed by atoms with Crippen LogP contribution in [0.1, 0.15) is 277 Å². The van der Waals surface area contributed by atoms with Crippen LogP contribution in [-0.2, 0) is 14.3 Å². The number of ether oxygens (including phenoxy) is 1. The molecule has 338 valence electrons. The molecule has 0 aliphatic carbocycles. The third-order valence-corrected chi connectivity index (χ3v) is 11.8. The second kappa shape index (κ2) is 47.3. The molecule has 6 heteroatoms. The third-order valence-electron chi connectivity index (χ3n) is 11.8. The van der Waals surface area contributed by atoms with Crippen LogP contribution in [0.3, 0.4) is 0 Å². The number of carbonyl (C=O) groups excluding carboxylic acids is 2. The van der Waals surface area contributed by atoms with Gasteiger partial charge < -0.3 is 20.3 Å². The van der Waals surface area contributed by atoms with Gasteiger partial charge in [-0.1, -0.05) is 225 Å². The average Bonchev–Trinajstić information content (AvgIpc) is 3.21. The number of aliphatic hydroxyl groups excluding tert-OH is 2. The molecule has 0 saturated heterocycles. The van der Waals surface area contributed by atoms with Crippen LogP contribution in [-0.4, -0.2) is 47.4 Å². The highest BCUT2D eigenvalue weighted by molar-refractivity contribution is 5.76. The standard InChI is InChI=1S/C51H99NO5/c1-3-5-7-9-11-13-15-21-25-29-33-37-41-45-51(56)57-46-42-38-34-30-26-23-20-18-16-17-19-22-24-28-32-36-40-44-50(55)52-48(47-53)49(54)43-39-35-31-27-14-12-10-8-6-4-2/h13,15,48-49,53-54H,3-12,14,16-47H2,1-2H3,(H,52,55)/b15-13-. The molecule has 0 spiro atoms. The van der Waals surface area contributed by atoms with Crippen molar-refractivity contribution in [1.29, 1.82) is 0 Å². The number of hydrogen-bond acceptors (Lipinski definition) is 5. The molecule has 0 heterocycles. The molecule has 0 aliphatic heterocycles. The van der Waals surface area contributed by atoms with Gasteiger partial charge in [0.15, 0.2) is 0 Å². The summed E-state index contributed by atoms with van der Waals surface area (Å²) in [4.78, 5) is 24.4. The summed E-state index contributed by atoms with van der Waals surface area (Å²) >= 11 is 0. The summed E-state index contributed by atoms with van der Waals surface area (Å²) in [5.74, 6) is -0.0459. The van der Waals surface area contributed by atoms with Gasteiger partial charge in [0.05, 0.1) is 25.4 Å². The van der Waals surface area contributed by atoms with E-state index in [0.717, 1.165) is 44.9 Å². The normalized spacial score (nSPS) is 12.7. The van der Waals surface area contributed by atoms with Crippen molar-refractivity contribution in [3.05, 3.63) is 12.2 Å². The molecule has 0 rings (SSSR count). The fraction of sp³-hybridized carbons (Fsp3) is 0.922. The highest BCUT2D eigenvalue weighted by Crippen LogP contribution is 2.16. The summed E-state index contributed by atoms with van der Waals surface area (Å²) in [5.41, 5.74) is 0. The molecule has 0 aliphatic rings. The van der Waals surface area contributed by atoms with Crippen molar-refractivity contribution in [3.8, 4) is 0 Å². The number of esters is 1. The number of nitrogens with one attached hydrogen (secondary N) is 1. The Bertz CT molecular complexity index is 847. The average molecular weight is 806 g/mol. The van der Waals surface area contributed by atoms with Crippen LogP contribution in [0, 0.1) is 0 Å². The molecule has 0 radical (unpaired) electrons. The number of unbranched alkanes of at least 4 members (excludes halogenated alkanes) is 34. The van der Waals surface area contributed by atoms with E-state index in [4.69, 9.17) is 4.74 Å². The fourth-order valence-electron chi connectivity index (χ4n) is 7.87. The molecule has 0 saturated carbocycles. The molecule has 2 unspecified atom stereocenters. The van der Waals surface area contributed by atoms with Gasteiger partial charge in [-0.05, 0) is 51.4 Å². The molecule has 3 N–H and O–H groups in total. The lowest BCUT2D eigenvalue weighted by molar-refractivity contribution is -0.143. The van der Waals surface area contributed by atoms with E-state index in [1.54, 1.807) is 0 Å². The Morgan fingerprint density at radius 2 is 0.825 bits per heavy atom. The summed E-state index contributed by atoms with van der Waals surface area (Å²) in [6.45, 7) is 4.91. The molecule has 2 atom stereocenters. The number of aliphatic hydroxyl groups is 2. The van der Waals surface area contributed by atoms with Crippen LogP contribution in [0.4, 0.5) is 0 Å². The number of carbonyl (C=O) groups is 2. The topological polar surface area (TPSA) is 95.9 Å². The predicted octanol–water partition coefficient (Wildman–Crippen LogP) is 15.0. The maximum Gasteiger partial charge on any atom is 0.305 e. The van der Waals surface area contributed by atoms with Crippen molar-refractivity contribution in [2.24, 2.45) is 0 Å². The molecule has 0 aromatic rings. The van der Waals surface area contributed by atoms with Gasteiger partial charge in [-0.15, -0.1) is 0 Å². The first-order valence-electron chi connectivity index (χ1n) is 25.4. The Balaban J connectivity index is 3.40. The van der Waals surface area contributed by atoms with Crippen molar-refractivity contribution in [3.63, 3.8) is 0 Å². The lowest BCUT2D eigenvalue weighted by Crippen LogP contribution is -2.45. The lowest BCUT2D eigenvalue weighted by atomic mass is 10.0. The molecule has 6 nitrogen and oxygen atoms in total. The zero-order valence-corrected chi connectivity index (χ0v) is 38.3. The van der Waals surface area contributed by atoms with Crippen molar-refractivity contribution >= 4 is 11.9 Å². The maximum absolute atomic E-state index is 12.4. The largest absolute Gasteiger partial charge is 0.466 e. The van der Waals surface area contributed by atoms with Gasteiger partial charge in [0.1, 0.15) is 0 Å². The molecular formula is C51H99NO5. The van der Waals surface area contributed by atoms with Crippen molar-refractivity contribution in [2.75, 3.05) is 13.2 Å². The van der Waals surface area contributed by atoms with E-state index in [0.29, 0.717) is 25.9 Å². The monoisotopic (exact) mass is 806 g/mol. The van der Waals surface area contributed by atoms with Gasteiger partial charge in [0.25, 0.3) is 0 Å². The highest BCUT2D eigenvalue weighted by Gasteiger charge is 2.20. The summed E-state index contributed by atoms with van der Waals surface area (Å²) in [5, 5.41) is 23.1. The van der Waals surface area contributed by atoms with E-state index in [9.17, 15) is 19.8 Å². The van der Waals surface area contributed by atoms with Gasteiger partial charge in [-0.2, -0.15) is 0 Å². The van der Waals surface area contributed by atoms with Crippen molar-refractivity contribution in [2.45, 2.75) is 289 Å². The van der Waals surface area contributed by atoms with E-state index in [1.807, 2.05) is 0 Å². The van der Waals surface area contributed by atoms with E-state index >= 15 is 0 Å². The van der Waals surface area contributed by atoms with Crippen LogP contribution in [0.25, 0.3) is 0 Å². The van der Waals surface area contributed by atoms with Crippen molar-refractivity contribution in [1.82, 2.24) is 5.32 Å². The number of amides is 1. The first-order chi connectivity index (χ1) is 28.0. The molecule has 1 amide bonds. The Kier molecular flexibility index (Phi) is 46.1. The first-order valence-corrected chi connectivity index (χ1v) is 25.4. The Hall–Kier alpha value is -1.40. The van der Waals surface area contributed by atoms with Gasteiger partial charge in [0.2, 0.25) is 5.91 Å². The highest BCUT2D eigenvalue weighted by atomic mass is 16.5. The second-order valence-corrected chi connectivity index (χ2v) is 17.5. The van der Waals surface area contributed by atoms with Crippen molar-refractivity contribution < 1.29 is 24.5 Å². The Morgan fingerprint density at radius 1 is 0.474 bits per heavy atom. The molecule has 0 aromatic carbocycles. The third kappa shape index (κ3) is 44.0. The van der Waals surface area contributed by atoms with Crippen LogP contribution in [0.2, 0.25) is 0 Å².